The molecule has 0 aliphatic carbocycles. The number of fused-ring (bicyclic) bond motifs is 1. The first-order valence-electron chi connectivity index (χ1n) is 6.70. The van der Waals surface area contributed by atoms with Crippen LogP contribution in [0.25, 0.3) is 10.9 Å². The van der Waals surface area contributed by atoms with E-state index < -0.39 is 5.97 Å². The molecule has 112 valence electrons. The topological polar surface area (TPSA) is 48.4 Å². The molecule has 0 spiro atoms. The number of hydrogen-bond donors (Lipinski definition) is 0. The molecule has 5 heteroatoms. The zero-order chi connectivity index (χ0) is 15.5. The molecule has 0 fully saturated rings. The third-order valence-corrected chi connectivity index (χ3v) is 3.59. The molecule has 2 rings (SSSR count). The van der Waals surface area contributed by atoms with E-state index in [9.17, 15) is 4.79 Å². The quantitative estimate of drug-likeness (QED) is 0.621. The highest BCUT2D eigenvalue weighted by molar-refractivity contribution is 6.30. The van der Waals surface area contributed by atoms with Crippen LogP contribution < -0.4 is 0 Å². The van der Waals surface area contributed by atoms with E-state index in [1.165, 1.54) is 6.07 Å². The van der Waals surface area contributed by atoms with Crippen LogP contribution in [0.15, 0.2) is 30.3 Å². The number of aromatic nitrogens is 1. The van der Waals surface area contributed by atoms with Gasteiger partial charge in [0.25, 0.3) is 0 Å². The van der Waals surface area contributed by atoms with Gasteiger partial charge in [-0.1, -0.05) is 29.8 Å². The highest BCUT2D eigenvalue weighted by Gasteiger charge is 2.18. The normalized spacial score (nSPS) is 11.6. The Kier molecular flexibility index (Phi) is 4.80. The lowest BCUT2D eigenvalue weighted by atomic mass is 10.1. The van der Waals surface area contributed by atoms with Gasteiger partial charge in [-0.2, -0.15) is 0 Å². The molecule has 1 aromatic carbocycles. The van der Waals surface area contributed by atoms with Gasteiger partial charge in [0.1, 0.15) is 5.15 Å². The number of rotatable bonds is 5. The van der Waals surface area contributed by atoms with E-state index in [-0.39, 0.29) is 17.4 Å². The fourth-order valence-corrected chi connectivity index (χ4v) is 2.08. The van der Waals surface area contributed by atoms with Crippen molar-refractivity contribution in [3.63, 3.8) is 0 Å². The molecule has 0 amide bonds. The summed E-state index contributed by atoms with van der Waals surface area (Å²) in [6.07, 6.45) is 0.617. The molecule has 2 aromatic rings. The molecule has 0 unspecified atom stereocenters. The van der Waals surface area contributed by atoms with Crippen LogP contribution in [-0.4, -0.2) is 30.3 Å². The Labute approximate surface area is 129 Å². The molecule has 0 N–H and O–H groups in total. The largest absolute Gasteiger partial charge is 0.462 e. The Balaban J connectivity index is 2.16. The predicted octanol–water partition coefficient (Wildman–Crippen LogP) is 3.86. The Morgan fingerprint density at radius 2 is 2.05 bits per heavy atom. The lowest BCUT2D eigenvalue weighted by Crippen LogP contribution is -2.25. The zero-order valence-electron chi connectivity index (χ0n) is 12.4. The Hall–Kier alpha value is -1.65. The van der Waals surface area contributed by atoms with Crippen molar-refractivity contribution in [2.75, 3.05) is 13.7 Å². The van der Waals surface area contributed by atoms with E-state index in [1.54, 1.807) is 7.11 Å². The molecular formula is C16H18ClNO3. The Morgan fingerprint density at radius 1 is 1.33 bits per heavy atom. The van der Waals surface area contributed by atoms with E-state index in [4.69, 9.17) is 21.1 Å². The summed E-state index contributed by atoms with van der Waals surface area (Å²) >= 11 is 5.96. The predicted molar refractivity (Wildman–Crippen MR) is 82.7 cm³/mol. The summed E-state index contributed by atoms with van der Waals surface area (Å²) in [4.78, 5) is 16.4. The smallest absolute Gasteiger partial charge is 0.338 e. The van der Waals surface area contributed by atoms with E-state index in [0.29, 0.717) is 17.5 Å². The number of benzene rings is 1. The molecule has 4 nitrogen and oxygen atoms in total. The molecular weight excluding hydrogens is 290 g/mol. The van der Waals surface area contributed by atoms with Crippen LogP contribution in [0.1, 0.15) is 30.6 Å². The van der Waals surface area contributed by atoms with Crippen LogP contribution in [0.3, 0.4) is 0 Å². The monoisotopic (exact) mass is 307 g/mol. The van der Waals surface area contributed by atoms with Crippen molar-refractivity contribution in [2.45, 2.75) is 25.9 Å². The number of carbonyl (C=O) groups excluding carboxylic acids is 1. The van der Waals surface area contributed by atoms with Crippen LogP contribution in [0.2, 0.25) is 5.15 Å². The molecule has 1 aromatic heterocycles. The van der Waals surface area contributed by atoms with Crippen LogP contribution >= 0.6 is 11.6 Å². The minimum absolute atomic E-state index is 0.276. The minimum Gasteiger partial charge on any atom is -0.462 e. The molecule has 0 atom stereocenters. The fourth-order valence-electron chi connectivity index (χ4n) is 1.88. The summed E-state index contributed by atoms with van der Waals surface area (Å²) in [7, 11) is 1.64. The van der Waals surface area contributed by atoms with Crippen molar-refractivity contribution in [3.05, 3.63) is 41.0 Å². The molecule has 0 aliphatic rings. The second kappa shape index (κ2) is 6.41. The number of carbonyl (C=O) groups is 1. The van der Waals surface area contributed by atoms with Gasteiger partial charge in [0.2, 0.25) is 0 Å². The molecule has 0 bridgehead atoms. The summed E-state index contributed by atoms with van der Waals surface area (Å²) < 4.78 is 10.6. The van der Waals surface area contributed by atoms with Crippen molar-refractivity contribution < 1.29 is 14.3 Å². The first kappa shape index (κ1) is 15.7. The molecule has 0 aliphatic heterocycles. The lowest BCUT2D eigenvalue weighted by Gasteiger charge is -2.22. The number of methoxy groups -OCH3 is 1. The summed E-state index contributed by atoms with van der Waals surface area (Å²) in [5, 5.41) is 1.01. The van der Waals surface area contributed by atoms with E-state index in [2.05, 4.69) is 4.98 Å². The van der Waals surface area contributed by atoms with Gasteiger partial charge >= 0.3 is 5.97 Å². The van der Waals surface area contributed by atoms with Gasteiger partial charge in [-0.25, -0.2) is 9.78 Å². The van der Waals surface area contributed by atoms with Gasteiger partial charge in [-0.15, -0.1) is 0 Å². The average Bonchev–Trinajstić information content (AvgIpc) is 2.46. The van der Waals surface area contributed by atoms with Crippen LogP contribution in [-0.2, 0) is 9.47 Å². The minimum atomic E-state index is -0.401. The van der Waals surface area contributed by atoms with E-state index in [1.807, 2.05) is 38.1 Å². The second-order valence-corrected chi connectivity index (χ2v) is 5.75. The van der Waals surface area contributed by atoms with Gasteiger partial charge in [0.15, 0.2) is 0 Å². The van der Waals surface area contributed by atoms with Gasteiger partial charge < -0.3 is 9.47 Å². The summed E-state index contributed by atoms with van der Waals surface area (Å²) in [5.74, 6) is -0.401. The number of para-hydroxylation sites is 1. The molecule has 21 heavy (non-hydrogen) atoms. The molecule has 1 heterocycles. The third-order valence-electron chi connectivity index (χ3n) is 3.39. The highest BCUT2D eigenvalue weighted by atomic mass is 35.5. The van der Waals surface area contributed by atoms with Gasteiger partial charge in [0.05, 0.1) is 23.3 Å². The van der Waals surface area contributed by atoms with Crippen molar-refractivity contribution in [1.29, 1.82) is 0 Å². The first-order chi connectivity index (χ1) is 9.93. The second-order valence-electron chi connectivity index (χ2n) is 5.36. The standard InChI is InChI=1S/C16H18ClNO3/c1-16(2,20-3)8-9-21-15(19)12-10-14(17)18-13-7-5-4-6-11(12)13/h4-7,10H,8-9H2,1-3H3. The summed E-state index contributed by atoms with van der Waals surface area (Å²) in [6, 6.07) is 8.87. The van der Waals surface area contributed by atoms with Gasteiger partial charge in [-0.05, 0) is 26.0 Å². The van der Waals surface area contributed by atoms with Crippen molar-refractivity contribution in [1.82, 2.24) is 4.98 Å². The maximum absolute atomic E-state index is 12.2. The van der Waals surface area contributed by atoms with Gasteiger partial charge in [-0.3, -0.25) is 0 Å². The Bertz CT molecular complexity index is 655. The number of halogens is 1. The summed E-state index contributed by atoms with van der Waals surface area (Å²) in [5.41, 5.74) is 0.785. The maximum Gasteiger partial charge on any atom is 0.338 e. The number of esters is 1. The number of hydrogen-bond acceptors (Lipinski definition) is 4. The van der Waals surface area contributed by atoms with Crippen molar-refractivity contribution in [2.24, 2.45) is 0 Å². The molecule has 0 saturated carbocycles. The summed E-state index contributed by atoms with van der Waals surface area (Å²) in [6.45, 7) is 4.17. The van der Waals surface area contributed by atoms with E-state index in [0.717, 1.165) is 5.39 Å². The van der Waals surface area contributed by atoms with Crippen LogP contribution in [0, 0.1) is 0 Å². The number of nitrogens with zero attached hydrogens (tertiary/aromatic N) is 1. The number of ether oxygens (including phenoxy) is 2. The third kappa shape index (κ3) is 3.93. The Morgan fingerprint density at radius 3 is 2.76 bits per heavy atom. The van der Waals surface area contributed by atoms with Crippen molar-refractivity contribution in [3.8, 4) is 0 Å². The number of pyridine rings is 1. The molecule has 0 saturated heterocycles. The maximum atomic E-state index is 12.2. The van der Waals surface area contributed by atoms with E-state index >= 15 is 0 Å². The van der Waals surface area contributed by atoms with Crippen LogP contribution in [0.4, 0.5) is 0 Å². The highest BCUT2D eigenvalue weighted by Crippen LogP contribution is 2.22. The average molecular weight is 308 g/mol. The van der Waals surface area contributed by atoms with Crippen molar-refractivity contribution >= 4 is 28.5 Å². The van der Waals surface area contributed by atoms with Crippen LogP contribution in [0.5, 0.6) is 0 Å². The van der Waals surface area contributed by atoms with Gasteiger partial charge in [0, 0.05) is 18.9 Å². The molecule has 0 radical (unpaired) electrons. The first-order valence-corrected chi connectivity index (χ1v) is 7.08. The zero-order valence-corrected chi connectivity index (χ0v) is 13.1. The fraction of sp³-hybridized carbons (Fsp3) is 0.375. The SMILES string of the molecule is COC(C)(C)CCOC(=O)c1cc(Cl)nc2ccccc12. The lowest BCUT2D eigenvalue weighted by molar-refractivity contribution is -0.00557.